The molecule has 5 nitrogen and oxygen atoms in total. The number of carbonyl (C=O) groups is 2. The van der Waals surface area contributed by atoms with Gasteiger partial charge in [-0.2, -0.15) is 0 Å². The molecule has 0 bridgehead atoms. The molecule has 0 spiro atoms. The summed E-state index contributed by atoms with van der Waals surface area (Å²) in [4.78, 5) is 23.1. The summed E-state index contributed by atoms with van der Waals surface area (Å²) < 4.78 is 0. The number of nitrogens with zero attached hydrogens (tertiary/aromatic N) is 1. The molecule has 1 aliphatic heterocycles. The van der Waals surface area contributed by atoms with Gasteiger partial charge in [0.1, 0.15) is 5.92 Å². The third-order valence-electron chi connectivity index (χ3n) is 2.70. The van der Waals surface area contributed by atoms with E-state index in [0.717, 1.165) is 5.56 Å². The van der Waals surface area contributed by atoms with Gasteiger partial charge in [0, 0.05) is 12.7 Å². The van der Waals surface area contributed by atoms with E-state index in [1.807, 2.05) is 18.2 Å². The van der Waals surface area contributed by atoms with E-state index >= 15 is 0 Å². The molecule has 1 aromatic rings. The summed E-state index contributed by atoms with van der Waals surface area (Å²) in [6, 6.07) is 7.25. The van der Waals surface area contributed by atoms with E-state index in [1.165, 1.54) is 12.1 Å². The average molecular weight is 219 g/mol. The molecule has 1 heterocycles. The Morgan fingerprint density at radius 2 is 2.06 bits per heavy atom. The van der Waals surface area contributed by atoms with Crippen LogP contribution in [-0.2, 0) is 16.0 Å². The molecule has 0 aliphatic carbocycles. The molecule has 3 N–H and O–H groups in total. The van der Waals surface area contributed by atoms with Crippen LogP contribution in [0.4, 0.5) is 5.69 Å². The Bertz CT molecular complexity index is 445. The van der Waals surface area contributed by atoms with Crippen molar-refractivity contribution in [1.29, 1.82) is 0 Å². The molecule has 1 atom stereocenters. The van der Waals surface area contributed by atoms with Gasteiger partial charge < -0.3 is 5.73 Å². The van der Waals surface area contributed by atoms with Crippen molar-refractivity contribution in [2.45, 2.75) is 6.42 Å². The Labute approximate surface area is 93.2 Å². The topological polar surface area (TPSA) is 75.4 Å². The number of para-hydroxylation sites is 1. The van der Waals surface area contributed by atoms with Gasteiger partial charge in [-0.3, -0.25) is 20.0 Å². The van der Waals surface area contributed by atoms with Crippen LogP contribution < -0.4 is 11.2 Å². The Hall–Kier alpha value is -2.04. The molecule has 0 aromatic heterocycles. The minimum atomic E-state index is -0.658. The van der Waals surface area contributed by atoms with Gasteiger partial charge in [-0.15, -0.1) is 0 Å². The molecule has 1 fully saturated rings. The number of nitrogens with two attached hydrogens (primary N) is 1. The fraction of sp³-hybridized carbons (Fsp3) is 0.273. The van der Waals surface area contributed by atoms with Gasteiger partial charge in [0.05, 0.1) is 0 Å². The number of nitrogen functional groups attached to an aromatic ring is 1. The highest BCUT2D eigenvalue weighted by Crippen LogP contribution is 2.19. The first-order valence-corrected chi connectivity index (χ1v) is 5.01. The number of nitrogens with one attached hydrogen (secondary N) is 1. The monoisotopic (exact) mass is 219 g/mol. The van der Waals surface area contributed by atoms with Gasteiger partial charge in [-0.1, -0.05) is 18.2 Å². The van der Waals surface area contributed by atoms with Crippen LogP contribution in [0.25, 0.3) is 0 Å². The van der Waals surface area contributed by atoms with Gasteiger partial charge in [-0.05, 0) is 18.1 Å². The van der Waals surface area contributed by atoms with Crippen molar-refractivity contribution in [2.75, 3.05) is 12.8 Å². The van der Waals surface area contributed by atoms with E-state index in [2.05, 4.69) is 5.43 Å². The number of hydrazine groups is 1. The van der Waals surface area contributed by atoms with Gasteiger partial charge in [0.15, 0.2) is 0 Å². The minimum absolute atomic E-state index is 0.215. The van der Waals surface area contributed by atoms with E-state index in [4.69, 9.17) is 5.73 Å². The summed E-state index contributed by atoms with van der Waals surface area (Å²) in [6.07, 6.45) is 0.349. The maximum atomic E-state index is 11.6. The lowest BCUT2D eigenvalue weighted by Gasteiger charge is -2.08. The largest absolute Gasteiger partial charge is 0.399 e. The second-order valence-electron chi connectivity index (χ2n) is 3.83. The number of amides is 2. The molecule has 0 saturated carbocycles. The first-order chi connectivity index (χ1) is 7.59. The summed E-state index contributed by atoms with van der Waals surface area (Å²) in [5.41, 5.74) is 9.66. The lowest BCUT2D eigenvalue weighted by Crippen LogP contribution is -2.31. The van der Waals surface area contributed by atoms with Crippen LogP contribution >= 0.6 is 0 Å². The molecule has 5 heteroatoms. The first-order valence-electron chi connectivity index (χ1n) is 5.01. The van der Waals surface area contributed by atoms with Crippen LogP contribution in [0.1, 0.15) is 5.56 Å². The summed E-state index contributed by atoms with van der Waals surface area (Å²) in [6.45, 7) is 0. The standard InChI is InChI=1S/C11H13N3O2/c1-14-11(16)8(10(15)13-14)6-7-4-2-3-5-9(7)12/h2-5,8H,6,12H2,1H3,(H,13,15). The number of carbonyl (C=O) groups excluding carboxylic acids is 2. The normalized spacial score (nSPS) is 20.1. The van der Waals surface area contributed by atoms with Crippen molar-refractivity contribution in [3.8, 4) is 0 Å². The highest BCUT2D eigenvalue weighted by atomic mass is 16.2. The van der Waals surface area contributed by atoms with Crippen LogP contribution in [0.3, 0.4) is 0 Å². The van der Waals surface area contributed by atoms with Crippen molar-refractivity contribution in [3.63, 3.8) is 0 Å². The molecule has 16 heavy (non-hydrogen) atoms. The van der Waals surface area contributed by atoms with Gasteiger partial charge in [0.2, 0.25) is 0 Å². The lowest BCUT2D eigenvalue weighted by molar-refractivity contribution is -0.131. The van der Waals surface area contributed by atoms with Crippen molar-refractivity contribution in [3.05, 3.63) is 29.8 Å². The predicted octanol–water partition coefficient (Wildman–Crippen LogP) is -0.0693. The zero-order valence-electron chi connectivity index (χ0n) is 8.93. The van der Waals surface area contributed by atoms with Gasteiger partial charge in [-0.25, -0.2) is 0 Å². The van der Waals surface area contributed by atoms with E-state index in [0.29, 0.717) is 12.1 Å². The van der Waals surface area contributed by atoms with E-state index in [1.54, 1.807) is 6.07 Å². The smallest absolute Gasteiger partial charge is 0.253 e. The SMILES string of the molecule is CN1NC(=O)C(Cc2ccccc2N)C1=O. The minimum Gasteiger partial charge on any atom is -0.399 e. The lowest BCUT2D eigenvalue weighted by atomic mass is 9.98. The quantitative estimate of drug-likeness (QED) is 0.540. The van der Waals surface area contributed by atoms with Crippen LogP contribution in [0.15, 0.2) is 24.3 Å². The number of hydrogen-bond donors (Lipinski definition) is 2. The molecule has 2 amide bonds. The Balaban J connectivity index is 2.20. The maximum absolute atomic E-state index is 11.6. The maximum Gasteiger partial charge on any atom is 0.253 e. The molecule has 1 saturated heterocycles. The molecule has 0 radical (unpaired) electrons. The highest BCUT2D eigenvalue weighted by molar-refractivity contribution is 6.05. The summed E-state index contributed by atoms with van der Waals surface area (Å²) in [5, 5.41) is 1.21. The van der Waals surface area contributed by atoms with E-state index in [9.17, 15) is 9.59 Å². The van der Waals surface area contributed by atoms with Gasteiger partial charge >= 0.3 is 0 Å². The summed E-state index contributed by atoms with van der Waals surface area (Å²) >= 11 is 0. The molecule has 1 aliphatic rings. The van der Waals surface area contributed by atoms with Gasteiger partial charge in [0.25, 0.3) is 11.8 Å². The second kappa shape index (κ2) is 3.84. The van der Waals surface area contributed by atoms with Crippen LogP contribution in [0, 0.1) is 5.92 Å². The van der Waals surface area contributed by atoms with Crippen molar-refractivity contribution in [2.24, 2.45) is 5.92 Å². The van der Waals surface area contributed by atoms with E-state index in [-0.39, 0.29) is 11.8 Å². The fourth-order valence-electron chi connectivity index (χ4n) is 1.76. The zero-order valence-corrected chi connectivity index (χ0v) is 8.93. The first kappa shape index (κ1) is 10.5. The van der Waals surface area contributed by atoms with E-state index < -0.39 is 5.92 Å². The fourth-order valence-corrected chi connectivity index (χ4v) is 1.76. The number of hydrogen-bond acceptors (Lipinski definition) is 3. The Morgan fingerprint density at radius 3 is 2.62 bits per heavy atom. The number of benzene rings is 1. The van der Waals surface area contributed by atoms with Crippen molar-refractivity contribution >= 4 is 17.5 Å². The molecule has 1 unspecified atom stereocenters. The van der Waals surface area contributed by atoms with Crippen molar-refractivity contribution in [1.82, 2.24) is 10.4 Å². The predicted molar refractivity (Wildman–Crippen MR) is 59.0 cm³/mol. The molecular formula is C11H13N3O2. The van der Waals surface area contributed by atoms with Crippen LogP contribution in [0.5, 0.6) is 0 Å². The third kappa shape index (κ3) is 1.71. The Kier molecular flexibility index (Phi) is 2.52. The molecule has 2 rings (SSSR count). The second-order valence-corrected chi connectivity index (χ2v) is 3.83. The third-order valence-corrected chi connectivity index (χ3v) is 2.70. The molecular weight excluding hydrogens is 206 g/mol. The van der Waals surface area contributed by atoms with Crippen molar-refractivity contribution < 1.29 is 9.59 Å². The van der Waals surface area contributed by atoms with Crippen LogP contribution in [0.2, 0.25) is 0 Å². The Morgan fingerprint density at radius 1 is 1.38 bits per heavy atom. The summed E-state index contributed by atoms with van der Waals surface area (Å²) in [7, 11) is 1.54. The van der Waals surface area contributed by atoms with Crippen LogP contribution in [-0.4, -0.2) is 23.9 Å². The average Bonchev–Trinajstić information content (AvgIpc) is 2.48. The number of rotatable bonds is 2. The highest BCUT2D eigenvalue weighted by Gasteiger charge is 2.37. The summed E-state index contributed by atoms with van der Waals surface area (Å²) in [5.74, 6) is -1.14. The zero-order chi connectivity index (χ0) is 11.7. The number of anilines is 1. The molecule has 1 aromatic carbocycles. The molecule has 84 valence electrons.